The third-order valence-electron chi connectivity index (χ3n) is 7.13. The molecule has 0 atom stereocenters. The standard InChI is InChI=1S/C28H32F4N6O2/c1-27(2,3)37-12-11-17(15-37)26(39)33-14-24-35-25(36-40-24)23-13-20-21(34-19-9-7-18(29)8-10-19)5-4-6-22(20)38(23)16-28(30,31)32/h4-6,11-13,15,18-19,34H,7-10,14,16H2,1-3H3,(H,33,39)/t18-,19+. The molecule has 1 saturated carbocycles. The van der Waals surface area contributed by atoms with Crippen LogP contribution in [-0.2, 0) is 18.6 Å². The van der Waals surface area contributed by atoms with Gasteiger partial charge in [0.15, 0.2) is 0 Å². The van der Waals surface area contributed by atoms with Crippen LogP contribution < -0.4 is 10.6 Å². The number of nitrogens with one attached hydrogen (secondary N) is 2. The van der Waals surface area contributed by atoms with Crippen molar-refractivity contribution < 1.29 is 26.9 Å². The van der Waals surface area contributed by atoms with Crippen molar-refractivity contribution in [1.82, 2.24) is 24.6 Å². The SMILES string of the molecule is CC(C)(C)n1ccc(C(=O)NCc2nc(-c3cc4c(N[C@H]5CC[C@@H](F)CC5)cccc4n3CC(F)(F)F)no2)c1. The fourth-order valence-corrected chi connectivity index (χ4v) is 5.00. The van der Waals surface area contributed by atoms with Crippen molar-refractivity contribution in [2.24, 2.45) is 0 Å². The summed E-state index contributed by atoms with van der Waals surface area (Å²) >= 11 is 0. The van der Waals surface area contributed by atoms with Crippen molar-refractivity contribution in [3.8, 4) is 11.5 Å². The normalized spacial score (nSPS) is 18.3. The van der Waals surface area contributed by atoms with Gasteiger partial charge in [-0.2, -0.15) is 18.2 Å². The average Bonchev–Trinajstić information content (AvgIpc) is 3.62. The lowest BCUT2D eigenvalue weighted by Gasteiger charge is -2.26. The first-order valence-corrected chi connectivity index (χ1v) is 13.3. The Morgan fingerprint density at radius 2 is 1.88 bits per heavy atom. The Hall–Kier alpha value is -3.83. The number of benzene rings is 1. The van der Waals surface area contributed by atoms with Crippen LogP contribution in [0.3, 0.4) is 0 Å². The molecule has 0 bridgehead atoms. The number of amides is 1. The molecule has 1 aliphatic carbocycles. The summed E-state index contributed by atoms with van der Waals surface area (Å²) in [5, 5.41) is 10.6. The molecular weight excluding hydrogens is 528 g/mol. The van der Waals surface area contributed by atoms with E-state index in [1.165, 1.54) is 0 Å². The van der Waals surface area contributed by atoms with Gasteiger partial charge in [0.05, 0.1) is 23.3 Å². The zero-order valence-electron chi connectivity index (χ0n) is 22.6. The summed E-state index contributed by atoms with van der Waals surface area (Å²) in [4.78, 5) is 16.9. The number of carbonyl (C=O) groups is 1. The van der Waals surface area contributed by atoms with Crippen LogP contribution in [-0.4, -0.2) is 43.6 Å². The number of aromatic nitrogens is 4. The Bertz CT molecular complexity index is 1490. The van der Waals surface area contributed by atoms with E-state index in [0.29, 0.717) is 47.8 Å². The lowest BCUT2D eigenvalue weighted by atomic mass is 9.93. The third-order valence-corrected chi connectivity index (χ3v) is 7.13. The minimum Gasteiger partial charge on any atom is -0.382 e. The molecule has 3 aromatic heterocycles. The first-order chi connectivity index (χ1) is 18.9. The van der Waals surface area contributed by atoms with Crippen LogP contribution in [0.15, 0.2) is 47.2 Å². The molecule has 4 aromatic rings. The quantitative estimate of drug-likeness (QED) is 0.254. The molecule has 0 radical (unpaired) electrons. The van der Waals surface area contributed by atoms with Crippen LogP contribution in [0, 0.1) is 0 Å². The zero-order valence-corrected chi connectivity index (χ0v) is 22.6. The highest BCUT2D eigenvalue weighted by Crippen LogP contribution is 2.35. The van der Waals surface area contributed by atoms with E-state index in [1.54, 1.807) is 36.5 Å². The van der Waals surface area contributed by atoms with Gasteiger partial charge < -0.3 is 24.3 Å². The molecular formula is C28H32F4N6O2. The molecule has 1 amide bonds. The minimum absolute atomic E-state index is 0.0209. The number of fused-ring (bicyclic) bond motifs is 1. The van der Waals surface area contributed by atoms with Crippen molar-refractivity contribution in [2.75, 3.05) is 5.32 Å². The average molecular weight is 561 g/mol. The van der Waals surface area contributed by atoms with E-state index in [4.69, 9.17) is 4.52 Å². The van der Waals surface area contributed by atoms with E-state index in [0.717, 1.165) is 4.57 Å². The maximum atomic E-state index is 13.6. The van der Waals surface area contributed by atoms with Gasteiger partial charge in [0, 0.05) is 35.0 Å². The van der Waals surface area contributed by atoms with Crippen LogP contribution in [0.1, 0.15) is 62.7 Å². The van der Waals surface area contributed by atoms with Crippen LogP contribution in [0.5, 0.6) is 0 Å². The Morgan fingerprint density at radius 1 is 1.12 bits per heavy atom. The zero-order chi connectivity index (χ0) is 28.7. The molecule has 1 aliphatic rings. The second kappa shape index (κ2) is 10.6. The summed E-state index contributed by atoms with van der Waals surface area (Å²) in [5.41, 5.74) is 1.44. The summed E-state index contributed by atoms with van der Waals surface area (Å²) in [7, 11) is 0. The number of hydrogen-bond donors (Lipinski definition) is 2. The number of alkyl halides is 4. The Morgan fingerprint density at radius 3 is 2.55 bits per heavy atom. The molecule has 8 nitrogen and oxygen atoms in total. The summed E-state index contributed by atoms with van der Waals surface area (Å²) in [5.74, 6) is -0.303. The number of hydrogen-bond acceptors (Lipinski definition) is 5. The van der Waals surface area contributed by atoms with Gasteiger partial charge in [-0.15, -0.1) is 0 Å². The van der Waals surface area contributed by atoms with E-state index < -0.39 is 18.9 Å². The number of anilines is 1. The summed E-state index contributed by atoms with van der Waals surface area (Å²) < 4.78 is 62.8. The van der Waals surface area contributed by atoms with Crippen molar-refractivity contribution in [3.05, 3.63) is 54.2 Å². The first-order valence-electron chi connectivity index (χ1n) is 13.3. The van der Waals surface area contributed by atoms with Gasteiger partial charge in [-0.25, -0.2) is 4.39 Å². The molecule has 40 heavy (non-hydrogen) atoms. The topological polar surface area (TPSA) is 89.9 Å². The monoisotopic (exact) mass is 560 g/mol. The number of carbonyl (C=O) groups excluding carboxylic acids is 1. The molecule has 5 rings (SSSR count). The van der Waals surface area contributed by atoms with Crippen molar-refractivity contribution >= 4 is 22.5 Å². The molecule has 1 aromatic carbocycles. The smallest absolute Gasteiger partial charge is 0.382 e. The Kier molecular flexibility index (Phi) is 7.36. The first kappa shape index (κ1) is 27.7. The van der Waals surface area contributed by atoms with Crippen LogP contribution in [0.4, 0.5) is 23.2 Å². The highest BCUT2D eigenvalue weighted by atomic mass is 19.4. The summed E-state index contributed by atoms with van der Waals surface area (Å²) in [6.07, 6.45) is 0.455. The summed E-state index contributed by atoms with van der Waals surface area (Å²) in [6.45, 7) is 4.72. The molecule has 0 unspecified atom stereocenters. The summed E-state index contributed by atoms with van der Waals surface area (Å²) in [6, 6.07) is 8.44. The molecule has 0 saturated heterocycles. The number of nitrogens with zero attached hydrogens (tertiary/aromatic N) is 4. The highest BCUT2D eigenvalue weighted by molar-refractivity contribution is 5.96. The molecule has 1 fully saturated rings. The van der Waals surface area contributed by atoms with E-state index in [-0.39, 0.29) is 41.4 Å². The Labute approximate surface area is 228 Å². The number of rotatable bonds is 7. The van der Waals surface area contributed by atoms with E-state index in [9.17, 15) is 22.4 Å². The lowest BCUT2D eigenvalue weighted by molar-refractivity contribution is -0.139. The minimum atomic E-state index is -4.49. The van der Waals surface area contributed by atoms with E-state index >= 15 is 0 Å². The lowest BCUT2D eigenvalue weighted by Crippen LogP contribution is -2.26. The van der Waals surface area contributed by atoms with Gasteiger partial charge >= 0.3 is 6.18 Å². The van der Waals surface area contributed by atoms with Crippen LogP contribution in [0.2, 0.25) is 0 Å². The fourth-order valence-electron chi connectivity index (χ4n) is 5.00. The van der Waals surface area contributed by atoms with E-state index in [2.05, 4.69) is 20.8 Å². The second-order valence-corrected chi connectivity index (χ2v) is 11.2. The van der Waals surface area contributed by atoms with Crippen LogP contribution in [0.25, 0.3) is 22.4 Å². The number of halogens is 4. The molecule has 0 spiro atoms. The van der Waals surface area contributed by atoms with Gasteiger partial charge in [-0.3, -0.25) is 4.79 Å². The molecule has 2 N–H and O–H groups in total. The molecule has 214 valence electrons. The van der Waals surface area contributed by atoms with Crippen LogP contribution >= 0.6 is 0 Å². The van der Waals surface area contributed by atoms with E-state index in [1.807, 2.05) is 31.5 Å². The van der Waals surface area contributed by atoms with Gasteiger partial charge in [0.25, 0.3) is 5.91 Å². The fraction of sp³-hybridized carbons (Fsp3) is 0.464. The van der Waals surface area contributed by atoms with Crippen molar-refractivity contribution in [1.29, 1.82) is 0 Å². The predicted octanol–water partition coefficient (Wildman–Crippen LogP) is 6.43. The maximum absolute atomic E-state index is 13.6. The van der Waals surface area contributed by atoms with Crippen molar-refractivity contribution in [2.45, 2.75) is 83.5 Å². The largest absolute Gasteiger partial charge is 0.406 e. The van der Waals surface area contributed by atoms with Gasteiger partial charge in [0.1, 0.15) is 12.7 Å². The maximum Gasteiger partial charge on any atom is 0.406 e. The van der Waals surface area contributed by atoms with Gasteiger partial charge in [-0.1, -0.05) is 11.2 Å². The predicted molar refractivity (Wildman–Crippen MR) is 143 cm³/mol. The highest BCUT2D eigenvalue weighted by Gasteiger charge is 2.31. The van der Waals surface area contributed by atoms with Crippen molar-refractivity contribution in [3.63, 3.8) is 0 Å². The Balaban J connectivity index is 1.38. The third kappa shape index (κ3) is 6.15. The molecule has 0 aliphatic heterocycles. The molecule has 12 heteroatoms. The van der Waals surface area contributed by atoms with Gasteiger partial charge in [-0.05, 0) is 70.7 Å². The second-order valence-electron chi connectivity index (χ2n) is 11.2. The molecule has 3 heterocycles. The van der Waals surface area contributed by atoms with Gasteiger partial charge in [0.2, 0.25) is 11.7 Å².